The first-order valence-electron chi connectivity index (χ1n) is 6.76. The second kappa shape index (κ2) is 4.90. The number of likely N-dealkylation sites (tertiary alicyclic amines) is 1. The Kier molecular flexibility index (Phi) is 3.24. The standard InChI is InChI=1S/C12H19N5O2/c13-3-4-17-7-10(14-15-17)12(19)16-5-8-1-2-11(18)9(8)6-16/h7-9,11,18H,1-6,13H2. The van der Waals surface area contributed by atoms with Gasteiger partial charge in [-0.05, 0) is 18.8 Å². The van der Waals surface area contributed by atoms with E-state index in [4.69, 9.17) is 5.73 Å². The second-order valence-electron chi connectivity index (χ2n) is 5.43. The van der Waals surface area contributed by atoms with Crippen molar-refractivity contribution in [3.63, 3.8) is 0 Å². The van der Waals surface area contributed by atoms with Gasteiger partial charge in [-0.3, -0.25) is 9.48 Å². The van der Waals surface area contributed by atoms with Crippen LogP contribution in [0.2, 0.25) is 0 Å². The summed E-state index contributed by atoms with van der Waals surface area (Å²) in [6, 6.07) is 0. The Balaban J connectivity index is 1.67. The first-order valence-corrected chi connectivity index (χ1v) is 6.76. The maximum absolute atomic E-state index is 12.3. The minimum absolute atomic E-state index is 0.0927. The summed E-state index contributed by atoms with van der Waals surface area (Å²) in [5, 5.41) is 17.6. The van der Waals surface area contributed by atoms with Crippen molar-refractivity contribution in [2.75, 3.05) is 19.6 Å². The molecule has 3 N–H and O–H groups in total. The third-order valence-corrected chi connectivity index (χ3v) is 4.22. The molecule has 19 heavy (non-hydrogen) atoms. The maximum atomic E-state index is 12.3. The topological polar surface area (TPSA) is 97.3 Å². The molecule has 7 heteroatoms. The zero-order chi connectivity index (χ0) is 13.4. The van der Waals surface area contributed by atoms with Gasteiger partial charge in [-0.15, -0.1) is 5.10 Å². The fraction of sp³-hybridized carbons (Fsp3) is 0.750. The fourth-order valence-corrected chi connectivity index (χ4v) is 3.20. The summed E-state index contributed by atoms with van der Waals surface area (Å²) in [7, 11) is 0. The number of aliphatic hydroxyl groups excluding tert-OH is 1. The Hall–Kier alpha value is -1.47. The summed E-state index contributed by atoms with van der Waals surface area (Å²) in [4.78, 5) is 14.1. The predicted octanol–water partition coefficient (Wildman–Crippen LogP) is -0.920. The number of fused-ring (bicyclic) bond motifs is 1. The molecule has 3 atom stereocenters. The van der Waals surface area contributed by atoms with Crippen molar-refractivity contribution in [2.24, 2.45) is 17.6 Å². The van der Waals surface area contributed by atoms with Crippen molar-refractivity contribution in [3.8, 4) is 0 Å². The van der Waals surface area contributed by atoms with Gasteiger partial charge in [0.15, 0.2) is 5.69 Å². The molecule has 1 saturated carbocycles. The number of carbonyl (C=O) groups excluding carboxylic acids is 1. The van der Waals surface area contributed by atoms with Crippen LogP contribution in [-0.4, -0.2) is 56.6 Å². The second-order valence-corrected chi connectivity index (χ2v) is 5.43. The molecule has 0 bridgehead atoms. The van der Waals surface area contributed by atoms with E-state index in [2.05, 4.69) is 10.3 Å². The van der Waals surface area contributed by atoms with Gasteiger partial charge in [0.2, 0.25) is 0 Å². The van der Waals surface area contributed by atoms with Gasteiger partial charge in [0.05, 0.1) is 18.8 Å². The number of nitrogens with two attached hydrogens (primary N) is 1. The lowest BCUT2D eigenvalue weighted by atomic mass is 10.00. The molecular formula is C12H19N5O2. The molecule has 1 aromatic rings. The smallest absolute Gasteiger partial charge is 0.276 e. The van der Waals surface area contributed by atoms with Crippen LogP contribution in [0.5, 0.6) is 0 Å². The highest BCUT2D eigenvalue weighted by molar-refractivity contribution is 5.92. The van der Waals surface area contributed by atoms with Crippen LogP contribution in [0.4, 0.5) is 0 Å². The minimum Gasteiger partial charge on any atom is -0.393 e. The van der Waals surface area contributed by atoms with Crippen LogP contribution in [0, 0.1) is 11.8 Å². The van der Waals surface area contributed by atoms with Crippen LogP contribution in [0.25, 0.3) is 0 Å². The van der Waals surface area contributed by atoms with Crippen LogP contribution < -0.4 is 5.73 Å². The van der Waals surface area contributed by atoms with Crippen molar-refractivity contribution in [2.45, 2.75) is 25.5 Å². The molecule has 104 valence electrons. The summed E-state index contributed by atoms with van der Waals surface area (Å²) in [5.41, 5.74) is 5.80. The van der Waals surface area contributed by atoms with Crippen LogP contribution >= 0.6 is 0 Å². The van der Waals surface area contributed by atoms with Crippen molar-refractivity contribution in [1.82, 2.24) is 19.9 Å². The van der Waals surface area contributed by atoms with Gasteiger partial charge in [0, 0.05) is 25.6 Å². The molecule has 0 radical (unpaired) electrons. The van der Waals surface area contributed by atoms with Gasteiger partial charge in [-0.2, -0.15) is 0 Å². The molecule has 1 amide bonds. The highest BCUT2D eigenvalue weighted by Gasteiger charge is 2.43. The summed E-state index contributed by atoms with van der Waals surface area (Å²) < 4.78 is 1.58. The Labute approximate surface area is 111 Å². The van der Waals surface area contributed by atoms with Gasteiger partial charge in [0.25, 0.3) is 5.91 Å². The van der Waals surface area contributed by atoms with E-state index in [-0.39, 0.29) is 17.9 Å². The first-order chi connectivity index (χ1) is 9.19. The van der Waals surface area contributed by atoms with Crippen molar-refractivity contribution >= 4 is 5.91 Å². The summed E-state index contributed by atoms with van der Waals surface area (Å²) in [5.74, 6) is 0.589. The van der Waals surface area contributed by atoms with Crippen LogP contribution in [-0.2, 0) is 6.54 Å². The zero-order valence-corrected chi connectivity index (χ0v) is 10.8. The van der Waals surface area contributed by atoms with Crippen molar-refractivity contribution in [1.29, 1.82) is 0 Å². The Morgan fingerprint density at radius 2 is 2.32 bits per heavy atom. The Morgan fingerprint density at radius 3 is 3.05 bits per heavy atom. The Bertz CT molecular complexity index is 474. The molecule has 1 aliphatic heterocycles. The zero-order valence-electron chi connectivity index (χ0n) is 10.8. The molecule has 3 unspecified atom stereocenters. The van der Waals surface area contributed by atoms with Gasteiger partial charge in [-0.1, -0.05) is 5.21 Å². The molecule has 1 aliphatic carbocycles. The van der Waals surface area contributed by atoms with E-state index in [1.54, 1.807) is 15.8 Å². The van der Waals surface area contributed by atoms with Gasteiger partial charge in [0.1, 0.15) is 0 Å². The first kappa shape index (κ1) is 12.6. The molecule has 2 heterocycles. The van der Waals surface area contributed by atoms with E-state index < -0.39 is 0 Å². The minimum atomic E-state index is -0.254. The fourth-order valence-electron chi connectivity index (χ4n) is 3.20. The molecule has 2 aliphatic rings. The molecule has 0 spiro atoms. The lowest BCUT2D eigenvalue weighted by molar-refractivity contribution is 0.0746. The van der Waals surface area contributed by atoms with E-state index in [9.17, 15) is 9.90 Å². The average Bonchev–Trinajstić information content (AvgIpc) is 3.07. The number of amides is 1. The summed E-state index contributed by atoms with van der Waals surface area (Å²) in [6.45, 7) is 2.39. The van der Waals surface area contributed by atoms with E-state index in [0.717, 1.165) is 19.4 Å². The summed E-state index contributed by atoms with van der Waals surface area (Å²) >= 11 is 0. The van der Waals surface area contributed by atoms with E-state index in [0.29, 0.717) is 31.2 Å². The number of nitrogens with zero attached hydrogens (tertiary/aromatic N) is 4. The molecule has 1 aromatic heterocycles. The van der Waals surface area contributed by atoms with Gasteiger partial charge >= 0.3 is 0 Å². The van der Waals surface area contributed by atoms with Gasteiger partial charge < -0.3 is 15.7 Å². The molecule has 7 nitrogen and oxygen atoms in total. The highest BCUT2D eigenvalue weighted by atomic mass is 16.3. The van der Waals surface area contributed by atoms with E-state index in [1.807, 2.05) is 0 Å². The van der Waals surface area contributed by atoms with Crippen LogP contribution in [0.3, 0.4) is 0 Å². The molecule has 2 fully saturated rings. The SMILES string of the molecule is NCCn1cc(C(=O)N2CC3CCC(O)C3C2)nn1. The third kappa shape index (κ3) is 2.23. The lowest BCUT2D eigenvalue weighted by Crippen LogP contribution is -2.31. The number of hydrogen-bond donors (Lipinski definition) is 2. The molecule has 1 saturated heterocycles. The molecule has 3 rings (SSSR count). The third-order valence-electron chi connectivity index (χ3n) is 4.22. The lowest BCUT2D eigenvalue weighted by Gasteiger charge is -2.16. The molecular weight excluding hydrogens is 246 g/mol. The van der Waals surface area contributed by atoms with E-state index in [1.165, 1.54) is 0 Å². The number of aliphatic hydroxyl groups is 1. The number of rotatable bonds is 3. The average molecular weight is 265 g/mol. The molecule has 0 aromatic carbocycles. The number of aromatic nitrogens is 3. The number of carbonyl (C=O) groups is 1. The van der Waals surface area contributed by atoms with Gasteiger partial charge in [-0.25, -0.2) is 0 Å². The van der Waals surface area contributed by atoms with Crippen molar-refractivity contribution in [3.05, 3.63) is 11.9 Å². The maximum Gasteiger partial charge on any atom is 0.276 e. The largest absolute Gasteiger partial charge is 0.393 e. The Morgan fingerprint density at radius 1 is 1.47 bits per heavy atom. The van der Waals surface area contributed by atoms with Crippen LogP contribution in [0.15, 0.2) is 6.20 Å². The van der Waals surface area contributed by atoms with Crippen LogP contribution in [0.1, 0.15) is 23.3 Å². The number of hydrogen-bond acceptors (Lipinski definition) is 5. The van der Waals surface area contributed by atoms with Crippen molar-refractivity contribution < 1.29 is 9.90 Å². The summed E-state index contributed by atoms with van der Waals surface area (Å²) in [6.07, 6.45) is 3.26. The normalized spacial score (nSPS) is 29.8. The highest BCUT2D eigenvalue weighted by Crippen LogP contribution is 2.38. The monoisotopic (exact) mass is 265 g/mol. The quantitative estimate of drug-likeness (QED) is 0.736. The van der Waals surface area contributed by atoms with E-state index >= 15 is 0 Å². The predicted molar refractivity (Wildman–Crippen MR) is 67.2 cm³/mol.